The van der Waals surface area contributed by atoms with E-state index in [0.717, 1.165) is 12.0 Å². The van der Waals surface area contributed by atoms with Gasteiger partial charge in [0.2, 0.25) is 11.8 Å². The van der Waals surface area contributed by atoms with E-state index < -0.39 is 0 Å². The van der Waals surface area contributed by atoms with Gasteiger partial charge in [-0.2, -0.15) is 0 Å². The monoisotopic (exact) mass is 277 g/mol. The molecule has 0 aliphatic carbocycles. The fourth-order valence-corrected chi connectivity index (χ4v) is 2.53. The molecule has 0 bridgehead atoms. The standard InChI is InChI=1S/C15H23N3O2/c1-3-4-14(19)17-7-9-18(10-8-17)15(20)11-13-5-6-16(2)12-13/h5-6,12H,3-4,7-11H2,1-2H3. The van der Waals surface area contributed by atoms with E-state index in [9.17, 15) is 9.59 Å². The van der Waals surface area contributed by atoms with Crippen molar-refractivity contribution in [2.75, 3.05) is 26.2 Å². The van der Waals surface area contributed by atoms with E-state index in [1.807, 2.05) is 46.8 Å². The molecule has 0 spiro atoms. The van der Waals surface area contributed by atoms with Crippen LogP contribution in [0, 0.1) is 0 Å². The second-order valence-electron chi connectivity index (χ2n) is 5.37. The average Bonchev–Trinajstić information content (AvgIpc) is 2.84. The third-order valence-corrected chi connectivity index (χ3v) is 3.70. The topological polar surface area (TPSA) is 45.6 Å². The van der Waals surface area contributed by atoms with Gasteiger partial charge in [-0.25, -0.2) is 0 Å². The molecule has 0 saturated carbocycles. The molecule has 0 N–H and O–H groups in total. The number of nitrogens with zero attached hydrogens (tertiary/aromatic N) is 3. The molecular formula is C15H23N3O2. The average molecular weight is 277 g/mol. The number of carbonyl (C=O) groups is 2. The van der Waals surface area contributed by atoms with Crippen LogP contribution in [-0.4, -0.2) is 52.4 Å². The normalized spacial score (nSPS) is 15.5. The van der Waals surface area contributed by atoms with Crippen LogP contribution < -0.4 is 0 Å². The zero-order valence-corrected chi connectivity index (χ0v) is 12.3. The van der Waals surface area contributed by atoms with Crippen molar-refractivity contribution in [2.45, 2.75) is 26.2 Å². The second kappa shape index (κ2) is 6.59. The summed E-state index contributed by atoms with van der Waals surface area (Å²) >= 11 is 0. The number of aryl methyl sites for hydroxylation is 1. The van der Waals surface area contributed by atoms with E-state index in [0.29, 0.717) is 39.0 Å². The summed E-state index contributed by atoms with van der Waals surface area (Å²) < 4.78 is 1.95. The summed E-state index contributed by atoms with van der Waals surface area (Å²) in [7, 11) is 1.95. The van der Waals surface area contributed by atoms with Gasteiger partial charge in [0.1, 0.15) is 0 Å². The van der Waals surface area contributed by atoms with Gasteiger partial charge in [-0.15, -0.1) is 0 Å². The van der Waals surface area contributed by atoms with E-state index in [1.165, 1.54) is 0 Å². The molecule has 1 aromatic rings. The predicted molar refractivity (Wildman–Crippen MR) is 77.2 cm³/mol. The van der Waals surface area contributed by atoms with Crippen molar-refractivity contribution in [2.24, 2.45) is 7.05 Å². The zero-order chi connectivity index (χ0) is 14.5. The molecule has 2 amide bonds. The van der Waals surface area contributed by atoms with Crippen LogP contribution in [0.3, 0.4) is 0 Å². The number of hydrogen-bond acceptors (Lipinski definition) is 2. The molecule has 2 heterocycles. The summed E-state index contributed by atoms with van der Waals surface area (Å²) in [6.45, 7) is 4.65. The molecular weight excluding hydrogens is 254 g/mol. The second-order valence-corrected chi connectivity index (χ2v) is 5.37. The Bertz CT molecular complexity index is 473. The summed E-state index contributed by atoms with van der Waals surface area (Å²) in [5.41, 5.74) is 1.04. The van der Waals surface area contributed by atoms with Crippen molar-refractivity contribution in [1.82, 2.24) is 14.4 Å². The lowest BCUT2D eigenvalue weighted by Gasteiger charge is -2.34. The van der Waals surface area contributed by atoms with Gasteiger partial charge in [0, 0.05) is 52.0 Å². The zero-order valence-electron chi connectivity index (χ0n) is 12.3. The van der Waals surface area contributed by atoms with Crippen LogP contribution in [0.25, 0.3) is 0 Å². The maximum absolute atomic E-state index is 12.2. The Balaban J connectivity index is 1.81. The third-order valence-electron chi connectivity index (χ3n) is 3.70. The highest BCUT2D eigenvalue weighted by Gasteiger charge is 2.23. The molecule has 110 valence electrons. The Kier molecular flexibility index (Phi) is 4.82. The lowest BCUT2D eigenvalue weighted by Crippen LogP contribution is -2.50. The summed E-state index contributed by atoms with van der Waals surface area (Å²) in [5, 5.41) is 0. The first-order chi connectivity index (χ1) is 9.60. The van der Waals surface area contributed by atoms with E-state index in [4.69, 9.17) is 0 Å². The first kappa shape index (κ1) is 14.6. The van der Waals surface area contributed by atoms with E-state index >= 15 is 0 Å². The van der Waals surface area contributed by atoms with Gasteiger partial charge in [-0.05, 0) is 18.1 Å². The molecule has 1 saturated heterocycles. The molecule has 1 aliphatic heterocycles. The van der Waals surface area contributed by atoms with Crippen LogP contribution in [0.5, 0.6) is 0 Å². The smallest absolute Gasteiger partial charge is 0.227 e. The van der Waals surface area contributed by atoms with Crippen molar-refractivity contribution < 1.29 is 9.59 Å². The minimum atomic E-state index is 0.152. The molecule has 1 aliphatic rings. The first-order valence-corrected chi connectivity index (χ1v) is 7.26. The highest BCUT2D eigenvalue weighted by Crippen LogP contribution is 2.08. The minimum absolute atomic E-state index is 0.152. The largest absolute Gasteiger partial charge is 0.357 e. The van der Waals surface area contributed by atoms with Gasteiger partial charge in [0.15, 0.2) is 0 Å². The van der Waals surface area contributed by atoms with E-state index in [2.05, 4.69) is 0 Å². The van der Waals surface area contributed by atoms with Gasteiger partial charge in [0.25, 0.3) is 0 Å². The molecule has 1 aromatic heterocycles. The molecule has 2 rings (SSSR count). The number of aromatic nitrogens is 1. The molecule has 5 nitrogen and oxygen atoms in total. The molecule has 0 aromatic carbocycles. The minimum Gasteiger partial charge on any atom is -0.357 e. The van der Waals surface area contributed by atoms with E-state index in [-0.39, 0.29) is 11.8 Å². The molecule has 0 unspecified atom stereocenters. The highest BCUT2D eigenvalue weighted by atomic mass is 16.2. The molecule has 0 atom stereocenters. The highest BCUT2D eigenvalue weighted by molar-refractivity contribution is 5.80. The van der Waals surface area contributed by atoms with Crippen molar-refractivity contribution in [1.29, 1.82) is 0 Å². The first-order valence-electron chi connectivity index (χ1n) is 7.26. The quantitative estimate of drug-likeness (QED) is 0.825. The Morgan fingerprint density at radius 3 is 2.20 bits per heavy atom. The van der Waals surface area contributed by atoms with Gasteiger partial charge < -0.3 is 14.4 Å². The van der Waals surface area contributed by atoms with E-state index in [1.54, 1.807) is 0 Å². The molecule has 5 heteroatoms. The lowest BCUT2D eigenvalue weighted by molar-refractivity contribution is -0.139. The lowest BCUT2D eigenvalue weighted by atomic mass is 10.2. The summed E-state index contributed by atoms with van der Waals surface area (Å²) in [6.07, 6.45) is 5.86. The molecule has 0 radical (unpaired) electrons. The number of amides is 2. The Labute approximate surface area is 120 Å². The van der Waals surface area contributed by atoms with Crippen LogP contribution in [-0.2, 0) is 23.1 Å². The maximum atomic E-state index is 12.2. The summed E-state index contributed by atoms with van der Waals surface area (Å²) in [6, 6.07) is 1.97. The van der Waals surface area contributed by atoms with Gasteiger partial charge in [0.05, 0.1) is 6.42 Å². The number of piperazine rings is 1. The van der Waals surface area contributed by atoms with Crippen molar-refractivity contribution in [3.63, 3.8) is 0 Å². The van der Waals surface area contributed by atoms with Crippen molar-refractivity contribution in [3.8, 4) is 0 Å². The number of carbonyl (C=O) groups excluding carboxylic acids is 2. The van der Waals surface area contributed by atoms with Gasteiger partial charge in [-0.3, -0.25) is 9.59 Å². The Morgan fingerprint density at radius 2 is 1.70 bits per heavy atom. The Hall–Kier alpha value is -1.78. The third kappa shape index (κ3) is 3.62. The van der Waals surface area contributed by atoms with Gasteiger partial charge in [-0.1, -0.05) is 6.92 Å². The SMILES string of the molecule is CCCC(=O)N1CCN(C(=O)Cc2ccn(C)c2)CC1. The van der Waals surface area contributed by atoms with Gasteiger partial charge >= 0.3 is 0 Å². The predicted octanol–water partition coefficient (Wildman–Crippen LogP) is 1.04. The maximum Gasteiger partial charge on any atom is 0.227 e. The van der Waals surface area contributed by atoms with Crippen LogP contribution in [0.4, 0.5) is 0 Å². The Morgan fingerprint density at radius 1 is 1.10 bits per heavy atom. The summed E-state index contributed by atoms with van der Waals surface area (Å²) in [5.74, 6) is 0.362. The fraction of sp³-hybridized carbons (Fsp3) is 0.600. The number of rotatable bonds is 4. The molecule has 1 fully saturated rings. The van der Waals surface area contributed by atoms with Crippen molar-refractivity contribution >= 4 is 11.8 Å². The van der Waals surface area contributed by atoms with Crippen LogP contribution in [0.1, 0.15) is 25.3 Å². The molecule has 20 heavy (non-hydrogen) atoms. The summed E-state index contributed by atoms with van der Waals surface area (Å²) in [4.78, 5) is 27.7. The fourth-order valence-electron chi connectivity index (χ4n) is 2.53. The number of hydrogen-bond donors (Lipinski definition) is 0. The van der Waals surface area contributed by atoms with Crippen molar-refractivity contribution in [3.05, 3.63) is 24.0 Å². The van der Waals surface area contributed by atoms with Crippen LogP contribution in [0.2, 0.25) is 0 Å². The van der Waals surface area contributed by atoms with Crippen LogP contribution >= 0.6 is 0 Å². The van der Waals surface area contributed by atoms with Crippen LogP contribution in [0.15, 0.2) is 18.5 Å².